The summed E-state index contributed by atoms with van der Waals surface area (Å²) in [5, 5.41) is 16.5. The third kappa shape index (κ3) is 3.83. The van der Waals surface area contributed by atoms with E-state index >= 15 is 0 Å². The van der Waals surface area contributed by atoms with Gasteiger partial charge in [-0.3, -0.25) is 4.90 Å². The molecule has 124 valence electrons. The first kappa shape index (κ1) is 16.2. The molecule has 1 aliphatic rings. The third-order valence-corrected chi connectivity index (χ3v) is 4.27. The van der Waals surface area contributed by atoms with Crippen LogP contribution in [0.3, 0.4) is 0 Å². The Hall–Kier alpha value is -1.62. The molecule has 23 heavy (non-hydrogen) atoms. The number of hydrogen-bond donors (Lipinski definition) is 2. The number of aliphatic hydroxyl groups excluding tert-OH is 1. The average molecular weight is 314 g/mol. The number of fused-ring (bicyclic) bond motifs is 1. The minimum atomic E-state index is -0.548. The Morgan fingerprint density at radius 2 is 1.87 bits per heavy atom. The van der Waals surface area contributed by atoms with Gasteiger partial charge in [-0.05, 0) is 30.7 Å². The molecule has 0 saturated carbocycles. The van der Waals surface area contributed by atoms with E-state index in [2.05, 4.69) is 28.4 Å². The zero-order chi connectivity index (χ0) is 16.2. The van der Waals surface area contributed by atoms with Gasteiger partial charge < -0.3 is 15.2 Å². The van der Waals surface area contributed by atoms with E-state index in [0.717, 1.165) is 48.3 Å². The minimum Gasteiger partial charge on any atom is -0.491 e. The molecule has 0 aromatic heterocycles. The van der Waals surface area contributed by atoms with Gasteiger partial charge in [-0.1, -0.05) is 30.3 Å². The summed E-state index contributed by atoms with van der Waals surface area (Å²) in [5.74, 6) is 0.793. The molecule has 0 spiro atoms. The van der Waals surface area contributed by atoms with Crippen molar-refractivity contribution in [1.29, 1.82) is 0 Å². The second-order valence-corrected chi connectivity index (χ2v) is 6.43. The van der Waals surface area contributed by atoms with Crippen molar-refractivity contribution < 1.29 is 9.84 Å². The van der Waals surface area contributed by atoms with Gasteiger partial charge >= 0.3 is 0 Å². The fourth-order valence-electron chi connectivity index (χ4n) is 3.21. The van der Waals surface area contributed by atoms with Crippen LogP contribution in [0.15, 0.2) is 36.4 Å². The van der Waals surface area contributed by atoms with Gasteiger partial charge in [0, 0.05) is 38.3 Å². The highest BCUT2D eigenvalue weighted by Gasteiger charge is 2.21. The van der Waals surface area contributed by atoms with Crippen LogP contribution in [0.25, 0.3) is 10.8 Å². The van der Waals surface area contributed by atoms with E-state index in [4.69, 9.17) is 4.74 Å². The summed E-state index contributed by atoms with van der Waals surface area (Å²) in [6.45, 7) is 8.59. The molecule has 4 nitrogen and oxygen atoms in total. The highest BCUT2D eigenvalue weighted by Crippen LogP contribution is 2.34. The lowest BCUT2D eigenvalue weighted by Crippen LogP contribution is -2.45. The molecule has 1 atom stereocenters. The molecule has 2 aromatic carbocycles. The number of ether oxygens (including phenoxy) is 1. The maximum Gasteiger partial charge on any atom is 0.126 e. The summed E-state index contributed by atoms with van der Waals surface area (Å²) in [4.78, 5) is 2.31. The molecule has 1 fully saturated rings. The fraction of sp³-hybridized carbons (Fsp3) is 0.474. The Labute approximate surface area is 138 Å². The van der Waals surface area contributed by atoms with Gasteiger partial charge in [-0.2, -0.15) is 0 Å². The van der Waals surface area contributed by atoms with Crippen molar-refractivity contribution in [3.8, 4) is 5.75 Å². The predicted molar refractivity (Wildman–Crippen MR) is 94.0 cm³/mol. The van der Waals surface area contributed by atoms with Crippen molar-refractivity contribution in [2.75, 3.05) is 32.7 Å². The normalized spacial score (nSPS) is 17.6. The molecule has 0 bridgehead atoms. The summed E-state index contributed by atoms with van der Waals surface area (Å²) >= 11 is 0. The quantitative estimate of drug-likeness (QED) is 0.890. The van der Waals surface area contributed by atoms with Crippen LogP contribution >= 0.6 is 0 Å². The van der Waals surface area contributed by atoms with Crippen LogP contribution in [0.4, 0.5) is 0 Å². The molecule has 1 aliphatic heterocycles. The Kier molecular flexibility index (Phi) is 5.16. The van der Waals surface area contributed by atoms with Crippen molar-refractivity contribution in [3.63, 3.8) is 0 Å². The van der Waals surface area contributed by atoms with Gasteiger partial charge in [0.15, 0.2) is 0 Å². The largest absolute Gasteiger partial charge is 0.491 e. The Morgan fingerprint density at radius 1 is 1.13 bits per heavy atom. The predicted octanol–water partition coefficient (Wildman–Crippen LogP) is 2.57. The van der Waals surface area contributed by atoms with Crippen molar-refractivity contribution in [3.05, 3.63) is 42.0 Å². The first-order valence-electron chi connectivity index (χ1n) is 8.44. The van der Waals surface area contributed by atoms with Crippen LogP contribution < -0.4 is 10.1 Å². The van der Waals surface area contributed by atoms with Gasteiger partial charge in [0.2, 0.25) is 0 Å². The zero-order valence-electron chi connectivity index (χ0n) is 14.0. The van der Waals surface area contributed by atoms with Gasteiger partial charge in [-0.25, -0.2) is 0 Å². The second-order valence-electron chi connectivity index (χ2n) is 6.43. The summed E-state index contributed by atoms with van der Waals surface area (Å²) < 4.78 is 5.97. The van der Waals surface area contributed by atoms with Gasteiger partial charge in [-0.15, -0.1) is 0 Å². The molecule has 0 aliphatic carbocycles. The maximum absolute atomic E-state index is 10.9. The first-order chi connectivity index (χ1) is 11.1. The van der Waals surface area contributed by atoms with Crippen LogP contribution in [-0.4, -0.2) is 48.8 Å². The van der Waals surface area contributed by atoms with Crippen LogP contribution in [0.5, 0.6) is 5.75 Å². The Balaban J connectivity index is 1.94. The smallest absolute Gasteiger partial charge is 0.126 e. The molecular weight excluding hydrogens is 288 g/mol. The molecule has 0 amide bonds. The van der Waals surface area contributed by atoms with Crippen molar-refractivity contribution in [2.24, 2.45) is 0 Å². The SMILES string of the molecule is CC(C)Oc1ccc2ccccc2c1C(O)CN1CCNCC1. The summed E-state index contributed by atoms with van der Waals surface area (Å²) in [6.07, 6.45) is -0.464. The summed E-state index contributed by atoms with van der Waals surface area (Å²) in [7, 11) is 0. The molecule has 0 radical (unpaired) electrons. The molecule has 1 saturated heterocycles. The summed E-state index contributed by atoms with van der Waals surface area (Å²) in [5.41, 5.74) is 0.912. The van der Waals surface area contributed by atoms with Gasteiger partial charge in [0.25, 0.3) is 0 Å². The molecule has 1 heterocycles. The number of benzene rings is 2. The lowest BCUT2D eigenvalue weighted by atomic mass is 9.98. The van der Waals surface area contributed by atoms with E-state index in [1.165, 1.54) is 0 Å². The summed E-state index contributed by atoms with van der Waals surface area (Å²) in [6, 6.07) is 12.2. The van der Waals surface area contributed by atoms with E-state index in [9.17, 15) is 5.11 Å². The number of nitrogens with zero attached hydrogens (tertiary/aromatic N) is 1. The monoisotopic (exact) mass is 314 g/mol. The van der Waals surface area contributed by atoms with Crippen LogP contribution in [-0.2, 0) is 0 Å². The molecule has 1 unspecified atom stereocenters. The average Bonchev–Trinajstić information content (AvgIpc) is 2.55. The van der Waals surface area contributed by atoms with E-state index in [-0.39, 0.29) is 6.10 Å². The number of hydrogen-bond acceptors (Lipinski definition) is 4. The van der Waals surface area contributed by atoms with E-state index in [1.807, 2.05) is 32.0 Å². The second kappa shape index (κ2) is 7.30. The fourth-order valence-corrected chi connectivity index (χ4v) is 3.21. The Bertz CT molecular complexity index is 651. The van der Waals surface area contributed by atoms with E-state index in [1.54, 1.807) is 0 Å². The first-order valence-corrected chi connectivity index (χ1v) is 8.44. The number of rotatable bonds is 5. The number of aliphatic hydroxyl groups is 1. The van der Waals surface area contributed by atoms with Gasteiger partial charge in [0.1, 0.15) is 5.75 Å². The number of nitrogens with one attached hydrogen (secondary N) is 1. The van der Waals surface area contributed by atoms with Crippen molar-refractivity contribution >= 4 is 10.8 Å². The standard InChI is InChI=1S/C19H26N2O2/c1-14(2)23-18-8-7-15-5-3-4-6-16(15)19(18)17(22)13-21-11-9-20-10-12-21/h3-8,14,17,20,22H,9-13H2,1-2H3. The molecule has 2 aromatic rings. The molecule has 4 heteroatoms. The van der Waals surface area contributed by atoms with Gasteiger partial charge in [0.05, 0.1) is 12.2 Å². The van der Waals surface area contributed by atoms with Crippen LogP contribution in [0, 0.1) is 0 Å². The maximum atomic E-state index is 10.9. The van der Waals surface area contributed by atoms with Crippen molar-refractivity contribution in [2.45, 2.75) is 26.1 Å². The molecule has 3 rings (SSSR count). The highest BCUT2D eigenvalue weighted by atomic mass is 16.5. The lowest BCUT2D eigenvalue weighted by molar-refractivity contribution is 0.102. The lowest BCUT2D eigenvalue weighted by Gasteiger charge is -2.30. The molecular formula is C19H26N2O2. The number of piperazine rings is 1. The topological polar surface area (TPSA) is 44.7 Å². The van der Waals surface area contributed by atoms with E-state index in [0.29, 0.717) is 6.54 Å². The van der Waals surface area contributed by atoms with Crippen molar-refractivity contribution in [1.82, 2.24) is 10.2 Å². The molecule has 2 N–H and O–H groups in total. The number of β-amino-alcohol motifs (C(OH)–C–C–N with tert-alkyl or cyclic N) is 1. The minimum absolute atomic E-state index is 0.0845. The Morgan fingerprint density at radius 3 is 2.61 bits per heavy atom. The highest BCUT2D eigenvalue weighted by molar-refractivity contribution is 5.88. The zero-order valence-corrected chi connectivity index (χ0v) is 14.0. The van der Waals surface area contributed by atoms with E-state index < -0.39 is 6.10 Å². The van der Waals surface area contributed by atoms with Crippen LogP contribution in [0.1, 0.15) is 25.5 Å². The van der Waals surface area contributed by atoms with Crippen LogP contribution in [0.2, 0.25) is 0 Å². The third-order valence-electron chi connectivity index (χ3n) is 4.27.